The largest absolute Gasteiger partial charge is 0.497 e. The molecule has 0 aliphatic heterocycles. The van der Waals surface area contributed by atoms with Crippen LogP contribution >= 0.6 is 0 Å². The van der Waals surface area contributed by atoms with Crippen LogP contribution in [0, 0.1) is 13.8 Å². The lowest BCUT2D eigenvalue weighted by molar-refractivity contribution is 0.209. The number of carbonyl (C=O) groups excluding carboxylic acids is 1. The van der Waals surface area contributed by atoms with Crippen LogP contribution < -0.4 is 38.6 Å². The van der Waals surface area contributed by atoms with Crippen molar-refractivity contribution in [2.24, 2.45) is 0 Å². The number of rotatable bonds is 10. The summed E-state index contributed by atoms with van der Waals surface area (Å²) in [5, 5.41) is 3.14. The van der Waals surface area contributed by atoms with Gasteiger partial charge in [0.25, 0.3) is 0 Å². The lowest BCUT2D eigenvalue weighted by Crippen LogP contribution is -2.31. The minimum Gasteiger partial charge on any atom is -0.497 e. The summed E-state index contributed by atoms with van der Waals surface area (Å²) in [6, 6.07) is 15.8. The average Bonchev–Trinajstić information content (AvgIpc) is 2.99. The molecule has 1 amide bonds. The molecule has 41 heavy (non-hydrogen) atoms. The number of ether oxygens (including phenoxy) is 6. The van der Waals surface area contributed by atoms with Crippen LogP contribution in [0.3, 0.4) is 0 Å². The second-order valence-electron chi connectivity index (χ2n) is 8.74. The Bertz CT molecular complexity index is 1500. The number of aryl methyl sites for hydroxylation is 2. The Balaban J connectivity index is 1.78. The van der Waals surface area contributed by atoms with Gasteiger partial charge in [-0.3, -0.25) is 0 Å². The Kier molecular flexibility index (Phi) is 8.98. The Morgan fingerprint density at radius 3 is 2.00 bits per heavy atom. The first kappa shape index (κ1) is 28.8. The monoisotopic (exact) mass is 560 g/mol. The molecule has 0 bridgehead atoms. The van der Waals surface area contributed by atoms with Crippen molar-refractivity contribution in [1.82, 2.24) is 9.97 Å². The fourth-order valence-corrected chi connectivity index (χ4v) is 4.19. The van der Waals surface area contributed by atoms with Gasteiger partial charge in [-0.25, -0.2) is 14.7 Å². The predicted octanol–water partition coefficient (Wildman–Crippen LogP) is 6.22. The molecule has 0 atom stereocenters. The van der Waals surface area contributed by atoms with Gasteiger partial charge < -0.3 is 33.7 Å². The van der Waals surface area contributed by atoms with Crippen LogP contribution in [0.2, 0.25) is 0 Å². The SMILES string of the molecule is COc1ccc(N(C(=O)Oc2c(C)cccc2C)c2ccnc(Nc3cc(OC)c(OC)c(OC)c3)n2)c(OC)c1. The van der Waals surface area contributed by atoms with E-state index in [1.807, 2.05) is 32.0 Å². The smallest absolute Gasteiger partial charge is 0.425 e. The maximum Gasteiger partial charge on any atom is 0.425 e. The highest BCUT2D eigenvalue weighted by Gasteiger charge is 2.27. The summed E-state index contributed by atoms with van der Waals surface area (Å²) < 4.78 is 33.2. The van der Waals surface area contributed by atoms with Gasteiger partial charge in [0.05, 0.1) is 41.2 Å². The van der Waals surface area contributed by atoms with E-state index in [1.165, 1.54) is 39.5 Å². The van der Waals surface area contributed by atoms with E-state index in [9.17, 15) is 4.79 Å². The van der Waals surface area contributed by atoms with Crippen molar-refractivity contribution in [3.05, 3.63) is 71.9 Å². The van der Waals surface area contributed by atoms with Crippen molar-refractivity contribution in [2.45, 2.75) is 13.8 Å². The third kappa shape index (κ3) is 6.19. The molecule has 0 saturated carbocycles. The van der Waals surface area contributed by atoms with Gasteiger partial charge in [0, 0.05) is 36.1 Å². The van der Waals surface area contributed by atoms with Crippen molar-refractivity contribution < 1.29 is 33.2 Å². The van der Waals surface area contributed by atoms with Gasteiger partial charge in [-0.15, -0.1) is 0 Å². The number of amides is 1. The summed E-state index contributed by atoms with van der Waals surface area (Å²) in [6.45, 7) is 3.75. The van der Waals surface area contributed by atoms with Crippen molar-refractivity contribution in [2.75, 3.05) is 45.8 Å². The maximum atomic E-state index is 13.8. The number of benzene rings is 3. The number of carbonyl (C=O) groups is 1. The fraction of sp³-hybridized carbons (Fsp3) is 0.233. The third-order valence-corrected chi connectivity index (χ3v) is 6.20. The summed E-state index contributed by atoms with van der Waals surface area (Å²) in [4.78, 5) is 24.1. The highest BCUT2D eigenvalue weighted by Crippen LogP contribution is 2.41. The van der Waals surface area contributed by atoms with E-state index in [4.69, 9.17) is 28.4 Å². The predicted molar refractivity (Wildman–Crippen MR) is 155 cm³/mol. The van der Waals surface area contributed by atoms with Gasteiger partial charge in [-0.1, -0.05) is 18.2 Å². The molecule has 3 aromatic carbocycles. The molecule has 11 heteroatoms. The highest BCUT2D eigenvalue weighted by molar-refractivity contribution is 5.98. The van der Waals surface area contributed by atoms with E-state index in [2.05, 4.69) is 15.3 Å². The number of aromatic nitrogens is 2. The molecule has 0 aliphatic carbocycles. The molecule has 214 valence electrons. The Hall–Kier alpha value is -5.19. The van der Waals surface area contributed by atoms with Gasteiger partial charge in [0.2, 0.25) is 11.7 Å². The highest BCUT2D eigenvalue weighted by atomic mass is 16.6. The quantitative estimate of drug-likeness (QED) is 0.240. The first-order chi connectivity index (χ1) is 19.8. The van der Waals surface area contributed by atoms with Crippen LogP contribution in [0.4, 0.5) is 27.9 Å². The third-order valence-electron chi connectivity index (χ3n) is 6.20. The number of hydrogen-bond donors (Lipinski definition) is 1. The van der Waals surface area contributed by atoms with Crippen LogP contribution in [0.25, 0.3) is 0 Å². The standard InChI is InChI=1S/C30H32N4O7/c1-18-9-8-10-19(2)27(18)41-30(35)34(22-12-11-21(36-3)17-23(22)37-4)26-13-14-31-29(33-26)32-20-15-24(38-5)28(40-7)25(16-20)39-6/h8-17H,1-7H3,(H,31,32,33). The first-order valence-electron chi connectivity index (χ1n) is 12.5. The molecule has 0 spiro atoms. The van der Waals surface area contributed by atoms with E-state index in [-0.39, 0.29) is 11.8 Å². The average molecular weight is 561 g/mol. The van der Waals surface area contributed by atoms with E-state index in [0.29, 0.717) is 45.9 Å². The van der Waals surface area contributed by atoms with Crippen molar-refractivity contribution in [3.8, 4) is 34.5 Å². The van der Waals surface area contributed by atoms with Crippen LogP contribution in [0.1, 0.15) is 11.1 Å². The summed E-state index contributed by atoms with van der Waals surface area (Å²) in [7, 11) is 7.64. The van der Waals surface area contributed by atoms with E-state index in [0.717, 1.165) is 11.1 Å². The molecule has 0 radical (unpaired) electrons. The van der Waals surface area contributed by atoms with E-state index >= 15 is 0 Å². The van der Waals surface area contributed by atoms with Gasteiger partial charge in [0.15, 0.2) is 11.5 Å². The van der Waals surface area contributed by atoms with Crippen molar-refractivity contribution in [3.63, 3.8) is 0 Å². The Labute approximate surface area is 238 Å². The number of anilines is 4. The molecule has 4 aromatic rings. The summed E-state index contributed by atoms with van der Waals surface area (Å²) in [5.74, 6) is 3.17. The van der Waals surface area contributed by atoms with Gasteiger partial charge >= 0.3 is 6.09 Å². The second-order valence-corrected chi connectivity index (χ2v) is 8.74. The summed E-state index contributed by atoms with van der Waals surface area (Å²) >= 11 is 0. The van der Waals surface area contributed by atoms with E-state index < -0.39 is 6.09 Å². The second kappa shape index (κ2) is 12.8. The molecule has 1 heterocycles. The lowest BCUT2D eigenvalue weighted by atomic mass is 10.1. The van der Waals surface area contributed by atoms with Crippen molar-refractivity contribution in [1.29, 1.82) is 0 Å². The molecule has 4 rings (SSSR count). The van der Waals surface area contributed by atoms with Gasteiger partial charge in [0.1, 0.15) is 23.1 Å². The van der Waals surface area contributed by atoms with Gasteiger partial charge in [-0.2, -0.15) is 4.98 Å². The lowest BCUT2D eigenvalue weighted by Gasteiger charge is -2.24. The number of nitrogens with one attached hydrogen (secondary N) is 1. The maximum absolute atomic E-state index is 13.8. The Morgan fingerprint density at radius 2 is 1.41 bits per heavy atom. The van der Waals surface area contributed by atoms with Crippen LogP contribution in [0.15, 0.2) is 60.8 Å². The van der Waals surface area contributed by atoms with Gasteiger partial charge in [-0.05, 0) is 37.1 Å². The molecule has 1 N–H and O–H groups in total. The fourth-order valence-electron chi connectivity index (χ4n) is 4.19. The number of hydrogen-bond acceptors (Lipinski definition) is 10. The van der Waals surface area contributed by atoms with Crippen LogP contribution in [-0.2, 0) is 0 Å². The molecule has 1 aromatic heterocycles. The minimum atomic E-state index is -0.691. The summed E-state index contributed by atoms with van der Waals surface area (Å²) in [5.41, 5.74) is 2.59. The molecule has 11 nitrogen and oxygen atoms in total. The molecule has 0 saturated heterocycles. The van der Waals surface area contributed by atoms with E-state index in [1.54, 1.807) is 43.5 Å². The summed E-state index contributed by atoms with van der Waals surface area (Å²) in [6.07, 6.45) is 0.834. The minimum absolute atomic E-state index is 0.203. The van der Waals surface area contributed by atoms with Crippen molar-refractivity contribution >= 4 is 29.2 Å². The normalized spacial score (nSPS) is 10.4. The van der Waals surface area contributed by atoms with Crippen LogP contribution in [-0.4, -0.2) is 51.6 Å². The number of para-hydroxylation sites is 1. The Morgan fingerprint density at radius 1 is 0.756 bits per heavy atom. The zero-order valence-corrected chi connectivity index (χ0v) is 24.0. The number of methoxy groups -OCH3 is 5. The molecular weight excluding hydrogens is 528 g/mol. The zero-order chi connectivity index (χ0) is 29.5. The first-order valence-corrected chi connectivity index (χ1v) is 12.5. The molecule has 0 aliphatic rings. The molecule has 0 unspecified atom stereocenters. The van der Waals surface area contributed by atoms with Crippen LogP contribution in [0.5, 0.6) is 34.5 Å². The topological polar surface area (TPSA) is 114 Å². The molecular formula is C30H32N4O7. The zero-order valence-electron chi connectivity index (χ0n) is 24.0. The molecule has 0 fully saturated rings. The number of nitrogens with zero attached hydrogens (tertiary/aromatic N) is 3.